The predicted octanol–water partition coefficient (Wildman–Crippen LogP) is 0.414. The highest BCUT2D eigenvalue weighted by Crippen LogP contribution is 2.27. The van der Waals surface area contributed by atoms with Gasteiger partial charge in [-0.1, -0.05) is 0 Å². The lowest BCUT2D eigenvalue weighted by atomic mass is 10.1. The number of carbonyl (C=O) groups excluding carboxylic acids is 1. The van der Waals surface area contributed by atoms with Gasteiger partial charge in [0.25, 0.3) is 5.91 Å². The van der Waals surface area contributed by atoms with Crippen LogP contribution in [0.5, 0.6) is 5.75 Å². The zero-order chi connectivity index (χ0) is 15.6. The Morgan fingerprint density at radius 1 is 1.52 bits per heavy atom. The van der Waals surface area contributed by atoms with Crippen LogP contribution >= 0.6 is 0 Å². The van der Waals surface area contributed by atoms with Gasteiger partial charge in [0.2, 0.25) is 0 Å². The first kappa shape index (κ1) is 15.6. The molecular formula is C15H23N3O3. The Morgan fingerprint density at radius 2 is 2.24 bits per heavy atom. The Kier molecular flexibility index (Phi) is 4.69. The number of amides is 1. The number of carbonyl (C=O) groups is 1. The van der Waals surface area contributed by atoms with Crippen molar-refractivity contribution in [1.29, 1.82) is 0 Å². The van der Waals surface area contributed by atoms with Crippen molar-refractivity contribution in [1.82, 2.24) is 9.80 Å². The van der Waals surface area contributed by atoms with E-state index in [2.05, 4.69) is 0 Å². The summed E-state index contributed by atoms with van der Waals surface area (Å²) in [4.78, 5) is 16.5. The molecular weight excluding hydrogens is 270 g/mol. The standard InChI is InChI=1S/C15H23N3O3/c1-17(2)8-11-7-12(19)9-18(11)15(20)13-6-10(16)4-5-14(13)21-3/h4-6,11-12,19H,7-9,16H2,1-3H3. The smallest absolute Gasteiger partial charge is 0.258 e. The molecule has 1 amide bonds. The van der Waals surface area contributed by atoms with Gasteiger partial charge in [-0.2, -0.15) is 0 Å². The van der Waals surface area contributed by atoms with Crippen molar-refractivity contribution in [3.8, 4) is 5.75 Å². The van der Waals surface area contributed by atoms with Gasteiger partial charge in [-0.05, 0) is 38.7 Å². The lowest BCUT2D eigenvalue weighted by molar-refractivity contribution is 0.0696. The van der Waals surface area contributed by atoms with E-state index in [1.165, 1.54) is 7.11 Å². The minimum Gasteiger partial charge on any atom is -0.496 e. The van der Waals surface area contributed by atoms with Crippen molar-refractivity contribution in [3.05, 3.63) is 23.8 Å². The van der Waals surface area contributed by atoms with Gasteiger partial charge in [-0.15, -0.1) is 0 Å². The molecule has 0 radical (unpaired) electrons. The third-order valence-electron chi connectivity index (χ3n) is 3.68. The summed E-state index contributed by atoms with van der Waals surface area (Å²) in [5.74, 6) is 0.349. The summed E-state index contributed by atoms with van der Waals surface area (Å²) in [5, 5.41) is 9.89. The largest absolute Gasteiger partial charge is 0.496 e. The van der Waals surface area contributed by atoms with Crippen molar-refractivity contribution in [2.24, 2.45) is 0 Å². The number of benzene rings is 1. The molecule has 0 aliphatic carbocycles. The molecule has 21 heavy (non-hydrogen) atoms. The molecule has 1 aromatic rings. The number of methoxy groups -OCH3 is 1. The number of aliphatic hydroxyl groups excluding tert-OH is 1. The fourth-order valence-corrected chi connectivity index (χ4v) is 2.78. The molecule has 0 aromatic heterocycles. The molecule has 0 spiro atoms. The van der Waals surface area contributed by atoms with Crippen LogP contribution in [0.25, 0.3) is 0 Å². The third-order valence-corrected chi connectivity index (χ3v) is 3.68. The molecule has 1 aliphatic heterocycles. The van der Waals surface area contributed by atoms with E-state index < -0.39 is 6.10 Å². The van der Waals surface area contributed by atoms with Crippen molar-refractivity contribution in [2.45, 2.75) is 18.6 Å². The first-order valence-electron chi connectivity index (χ1n) is 6.99. The number of rotatable bonds is 4. The van der Waals surface area contributed by atoms with E-state index in [-0.39, 0.29) is 11.9 Å². The number of hydrogen-bond donors (Lipinski definition) is 2. The van der Waals surface area contributed by atoms with E-state index in [0.29, 0.717) is 36.5 Å². The highest BCUT2D eigenvalue weighted by atomic mass is 16.5. The SMILES string of the molecule is COc1ccc(N)cc1C(=O)N1CC(O)CC1CN(C)C. The monoisotopic (exact) mass is 293 g/mol. The number of ether oxygens (including phenoxy) is 1. The van der Waals surface area contributed by atoms with E-state index in [0.717, 1.165) is 0 Å². The minimum atomic E-state index is -0.481. The van der Waals surface area contributed by atoms with Crippen LogP contribution < -0.4 is 10.5 Å². The van der Waals surface area contributed by atoms with Gasteiger partial charge in [-0.25, -0.2) is 0 Å². The van der Waals surface area contributed by atoms with Crippen LogP contribution in [0.15, 0.2) is 18.2 Å². The van der Waals surface area contributed by atoms with Gasteiger partial charge >= 0.3 is 0 Å². The number of anilines is 1. The predicted molar refractivity (Wildman–Crippen MR) is 81.4 cm³/mol. The highest BCUT2D eigenvalue weighted by molar-refractivity contribution is 5.98. The minimum absolute atomic E-state index is 0.00589. The fourth-order valence-electron chi connectivity index (χ4n) is 2.78. The van der Waals surface area contributed by atoms with E-state index in [1.54, 1.807) is 23.1 Å². The number of hydrogen-bond acceptors (Lipinski definition) is 5. The summed E-state index contributed by atoms with van der Waals surface area (Å²) in [6, 6.07) is 5.01. The molecule has 6 nitrogen and oxygen atoms in total. The van der Waals surface area contributed by atoms with E-state index in [1.807, 2.05) is 19.0 Å². The van der Waals surface area contributed by atoms with E-state index in [4.69, 9.17) is 10.5 Å². The van der Waals surface area contributed by atoms with Crippen molar-refractivity contribution < 1.29 is 14.6 Å². The molecule has 0 bridgehead atoms. The highest BCUT2D eigenvalue weighted by Gasteiger charge is 2.35. The van der Waals surface area contributed by atoms with Crippen LogP contribution in [-0.4, -0.2) is 67.3 Å². The van der Waals surface area contributed by atoms with E-state index in [9.17, 15) is 9.90 Å². The molecule has 2 unspecified atom stereocenters. The molecule has 1 aliphatic rings. The summed E-state index contributed by atoms with van der Waals surface area (Å²) in [6.07, 6.45) is 0.111. The summed E-state index contributed by atoms with van der Waals surface area (Å²) >= 11 is 0. The van der Waals surface area contributed by atoms with Crippen LogP contribution in [0.1, 0.15) is 16.8 Å². The van der Waals surface area contributed by atoms with Gasteiger partial charge in [-0.3, -0.25) is 4.79 Å². The molecule has 116 valence electrons. The lowest BCUT2D eigenvalue weighted by Crippen LogP contribution is -2.41. The molecule has 1 fully saturated rings. The van der Waals surface area contributed by atoms with Crippen molar-refractivity contribution >= 4 is 11.6 Å². The summed E-state index contributed by atoms with van der Waals surface area (Å²) in [5.41, 5.74) is 6.73. The maximum Gasteiger partial charge on any atom is 0.258 e. The maximum absolute atomic E-state index is 12.8. The first-order valence-corrected chi connectivity index (χ1v) is 6.99. The second-order valence-electron chi connectivity index (χ2n) is 5.72. The zero-order valence-electron chi connectivity index (χ0n) is 12.7. The van der Waals surface area contributed by atoms with Gasteiger partial charge < -0.3 is 25.4 Å². The molecule has 2 rings (SSSR count). The number of likely N-dealkylation sites (N-methyl/N-ethyl adjacent to an activating group) is 1. The van der Waals surface area contributed by atoms with E-state index >= 15 is 0 Å². The molecule has 2 atom stereocenters. The number of aliphatic hydroxyl groups is 1. The number of likely N-dealkylation sites (tertiary alicyclic amines) is 1. The molecule has 1 heterocycles. The number of nitrogens with zero attached hydrogens (tertiary/aromatic N) is 2. The van der Waals surface area contributed by atoms with Crippen LogP contribution in [0.3, 0.4) is 0 Å². The molecule has 6 heteroatoms. The second-order valence-corrected chi connectivity index (χ2v) is 5.72. The summed E-state index contributed by atoms with van der Waals surface area (Å²) in [7, 11) is 5.43. The normalized spacial score (nSPS) is 21.9. The summed E-state index contributed by atoms with van der Waals surface area (Å²) < 4.78 is 5.25. The second kappa shape index (κ2) is 6.32. The Bertz CT molecular complexity index is 519. The van der Waals surface area contributed by atoms with Gasteiger partial charge in [0, 0.05) is 24.8 Å². The third kappa shape index (κ3) is 3.46. The fraction of sp³-hybridized carbons (Fsp3) is 0.533. The Morgan fingerprint density at radius 3 is 2.86 bits per heavy atom. The summed E-state index contributed by atoms with van der Waals surface area (Å²) in [6.45, 7) is 1.06. The number of β-amino-alcohol motifs (C(OH)–C–C–N with tert-alkyl or cyclic N) is 1. The van der Waals surface area contributed by atoms with Crippen molar-refractivity contribution in [3.63, 3.8) is 0 Å². The zero-order valence-corrected chi connectivity index (χ0v) is 12.7. The first-order chi connectivity index (χ1) is 9.92. The topological polar surface area (TPSA) is 79.0 Å². The van der Waals surface area contributed by atoms with Gasteiger partial charge in [0.1, 0.15) is 5.75 Å². The van der Waals surface area contributed by atoms with Crippen molar-refractivity contribution in [2.75, 3.05) is 40.0 Å². The lowest BCUT2D eigenvalue weighted by Gasteiger charge is -2.27. The maximum atomic E-state index is 12.8. The molecule has 1 aromatic carbocycles. The average molecular weight is 293 g/mol. The Labute approximate surface area is 125 Å². The van der Waals surface area contributed by atoms with Crippen LogP contribution in [-0.2, 0) is 0 Å². The van der Waals surface area contributed by atoms with Gasteiger partial charge in [0.15, 0.2) is 0 Å². The van der Waals surface area contributed by atoms with Crippen LogP contribution in [0.2, 0.25) is 0 Å². The van der Waals surface area contributed by atoms with Crippen LogP contribution in [0.4, 0.5) is 5.69 Å². The Hall–Kier alpha value is -1.79. The number of nitrogens with two attached hydrogens (primary N) is 1. The number of nitrogen functional groups attached to an aromatic ring is 1. The molecule has 0 saturated carbocycles. The molecule has 3 N–H and O–H groups in total. The molecule has 1 saturated heterocycles. The quantitative estimate of drug-likeness (QED) is 0.786. The Balaban J connectivity index is 2.27. The van der Waals surface area contributed by atoms with Gasteiger partial charge in [0.05, 0.1) is 18.8 Å². The van der Waals surface area contributed by atoms with Crippen LogP contribution in [0, 0.1) is 0 Å². The average Bonchev–Trinajstić information content (AvgIpc) is 2.77.